The molecule has 0 fully saturated rings. The zero-order valence-electron chi connectivity index (χ0n) is 17.3. The molecule has 2 aromatic heterocycles. The van der Waals surface area contributed by atoms with Crippen molar-refractivity contribution in [2.45, 2.75) is 25.8 Å². The Labute approximate surface area is 180 Å². The molecule has 2 aromatic carbocycles. The second-order valence-corrected chi connectivity index (χ2v) is 7.37. The number of imidazole rings is 1. The molecule has 0 saturated heterocycles. The minimum atomic E-state index is -0.571. The van der Waals surface area contributed by atoms with E-state index in [1.54, 1.807) is 11.6 Å². The van der Waals surface area contributed by atoms with Crippen LogP contribution in [0.15, 0.2) is 79.0 Å². The van der Waals surface area contributed by atoms with Crippen molar-refractivity contribution in [3.05, 3.63) is 102 Å². The number of aryl methyl sites for hydroxylation is 2. The van der Waals surface area contributed by atoms with Crippen LogP contribution in [0, 0.1) is 0 Å². The van der Waals surface area contributed by atoms with Crippen molar-refractivity contribution in [3.8, 4) is 0 Å². The molecule has 2 N–H and O–H groups in total. The van der Waals surface area contributed by atoms with Crippen LogP contribution >= 0.6 is 0 Å². The molecule has 4 rings (SSSR count). The fourth-order valence-corrected chi connectivity index (χ4v) is 3.74. The molecule has 0 bridgehead atoms. The van der Waals surface area contributed by atoms with Gasteiger partial charge in [0.2, 0.25) is 0 Å². The van der Waals surface area contributed by atoms with Gasteiger partial charge in [0.15, 0.2) is 0 Å². The van der Waals surface area contributed by atoms with Gasteiger partial charge in [0.05, 0.1) is 22.8 Å². The number of hydrogen-bond donors (Lipinski definition) is 2. The number of hydrogen-bond acceptors (Lipinski definition) is 4. The summed E-state index contributed by atoms with van der Waals surface area (Å²) in [7, 11) is 0. The number of rotatable bonds is 7. The van der Waals surface area contributed by atoms with Crippen LogP contribution in [0.2, 0.25) is 0 Å². The van der Waals surface area contributed by atoms with Gasteiger partial charge in [0.25, 0.3) is 5.91 Å². The van der Waals surface area contributed by atoms with Crippen LogP contribution in [0.4, 0.5) is 0 Å². The zero-order chi connectivity index (χ0) is 21.6. The van der Waals surface area contributed by atoms with Gasteiger partial charge >= 0.3 is 0 Å². The molecule has 1 atom stereocenters. The lowest BCUT2D eigenvalue weighted by molar-refractivity contribution is -0.124. The SMILES string of the molecule is CC(c1ccccn1)n1c(CCc2ccccc2)nc2cc(C=CC(=O)NO)ccc21. The lowest BCUT2D eigenvalue weighted by atomic mass is 10.1. The molecule has 156 valence electrons. The van der Waals surface area contributed by atoms with Gasteiger partial charge in [-0.25, -0.2) is 10.5 Å². The van der Waals surface area contributed by atoms with Crippen LogP contribution in [0.1, 0.15) is 35.6 Å². The summed E-state index contributed by atoms with van der Waals surface area (Å²) in [6, 6.07) is 22.3. The highest BCUT2D eigenvalue weighted by Gasteiger charge is 2.18. The van der Waals surface area contributed by atoms with Gasteiger partial charge < -0.3 is 4.57 Å². The summed E-state index contributed by atoms with van der Waals surface area (Å²) in [6.07, 6.45) is 6.43. The van der Waals surface area contributed by atoms with Gasteiger partial charge in [-0.2, -0.15) is 0 Å². The van der Waals surface area contributed by atoms with Crippen LogP contribution in [0.5, 0.6) is 0 Å². The molecule has 31 heavy (non-hydrogen) atoms. The van der Waals surface area contributed by atoms with Crippen LogP contribution < -0.4 is 5.48 Å². The van der Waals surface area contributed by atoms with Crippen LogP contribution in [-0.4, -0.2) is 25.6 Å². The number of fused-ring (bicyclic) bond motifs is 1. The summed E-state index contributed by atoms with van der Waals surface area (Å²) in [5.41, 5.74) is 6.56. The molecular formula is C25H24N4O2. The molecular weight excluding hydrogens is 388 g/mol. The number of nitrogens with one attached hydrogen (secondary N) is 1. The van der Waals surface area contributed by atoms with E-state index in [4.69, 9.17) is 10.2 Å². The van der Waals surface area contributed by atoms with E-state index in [1.165, 1.54) is 11.6 Å². The van der Waals surface area contributed by atoms with Crippen molar-refractivity contribution >= 4 is 23.0 Å². The third kappa shape index (κ3) is 4.70. The summed E-state index contributed by atoms with van der Waals surface area (Å²) < 4.78 is 2.24. The average Bonchev–Trinajstić information content (AvgIpc) is 3.19. The van der Waals surface area contributed by atoms with E-state index in [-0.39, 0.29) is 6.04 Å². The molecule has 2 heterocycles. The monoisotopic (exact) mass is 412 g/mol. The Morgan fingerprint density at radius 1 is 1.10 bits per heavy atom. The largest absolute Gasteiger partial charge is 0.319 e. The number of nitrogens with zero attached hydrogens (tertiary/aromatic N) is 3. The fourth-order valence-electron chi connectivity index (χ4n) is 3.74. The smallest absolute Gasteiger partial charge is 0.267 e. The topological polar surface area (TPSA) is 80.0 Å². The number of aromatic nitrogens is 3. The maximum absolute atomic E-state index is 11.3. The second-order valence-electron chi connectivity index (χ2n) is 7.37. The molecule has 0 radical (unpaired) electrons. The third-order valence-corrected chi connectivity index (χ3v) is 5.31. The predicted molar refractivity (Wildman–Crippen MR) is 121 cm³/mol. The lowest BCUT2D eigenvalue weighted by Gasteiger charge is -2.17. The van der Waals surface area contributed by atoms with Crippen molar-refractivity contribution in [1.29, 1.82) is 0 Å². The normalized spacial score (nSPS) is 12.3. The van der Waals surface area contributed by atoms with Gasteiger partial charge in [-0.3, -0.25) is 15.0 Å². The van der Waals surface area contributed by atoms with Gasteiger partial charge in [-0.1, -0.05) is 42.5 Å². The van der Waals surface area contributed by atoms with Gasteiger partial charge in [-0.15, -0.1) is 0 Å². The maximum Gasteiger partial charge on any atom is 0.267 e. The Balaban J connectivity index is 1.73. The molecule has 0 spiro atoms. The molecule has 1 amide bonds. The van der Waals surface area contributed by atoms with E-state index < -0.39 is 5.91 Å². The third-order valence-electron chi connectivity index (χ3n) is 5.31. The minimum Gasteiger partial charge on any atom is -0.319 e. The number of benzene rings is 2. The first-order chi connectivity index (χ1) is 15.2. The van der Waals surface area contributed by atoms with Gasteiger partial charge in [-0.05, 0) is 54.8 Å². The van der Waals surface area contributed by atoms with Crippen molar-refractivity contribution in [3.63, 3.8) is 0 Å². The van der Waals surface area contributed by atoms with Crippen LogP contribution in [0.3, 0.4) is 0 Å². The predicted octanol–water partition coefficient (Wildman–Crippen LogP) is 4.34. The molecule has 6 nitrogen and oxygen atoms in total. The first-order valence-electron chi connectivity index (χ1n) is 10.2. The lowest BCUT2D eigenvalue weighted by Crippen LogP contribution is -2.14. The van der Waals surface area contributed by atoms with Gasteiger partial charge in [0.1, 0.15) is 5.82 Å². The number of carbonyl (C=O) groups is 1. The second kappa shape index (κ2) is 9.36. The Bertz CT molecular complexity index is 1200. The van der Waals surface area contributed by atoms with Crippen molar-refractivity contribution in [1.82, 2.24) is 20.0 Å². The number of hydroxylamine groups is 1. The van der Waals surface area contributed by atoms with Crippen molar-refractivity contribution in [2.24, 2.45) is 0 Å². The van der Waals surface area contributed by atoms with Gasteiger partial charge in [0, 0.05) is 18.7 Å². The molecule has 0 aliphatic carbocycles. The highest BCUT2D eigenvalue weighted by Crippen LogP contribution is 2.27. The standard InChI is InChI=1S/C25H24N4O2/c1-18(21-9-5-6-16-26-21)29-23-13-10-20(12-15-25(30)28-31)17-22(23)27-24(29)14-11-19-7-3-2-4-8-19/h2-10,12-13,15-18,31H,11,14H2,1H3,(H,28,30). The minimum absolute atomic E-state index is 0.0264. The summed E-state index contributed by atoms with van der Waals surface area (Å²) in [6.45, 7) is 2.13. The van der Waals surface area contributed by atoms with Crippen LogP contribution in [0.25, 0.3) is 17.1 Å². The van der Waals surface area contributed by atoms with Crippen LogP contribution in [-0.2, 0) is 17.6 Å². The van der Waals surface area contributed by atoms with E-state index in [0.717, 1.165) is 41.0 Å². The highest BCUT2D eigenvalue weighted by atomic mass is 16.5. The highest BCUT2D eigenvalue weighted by molar-refractivity contribution is 5.91. The summed E-state index contributed by atoms with van der Waals surface area (Å²) in [4.78, 5) is 20.8. The molecule has 4 aromatic rings. The van der Waals surface area contributed by atoms with E-state index in [0.29, 0.717) is 0 Å². The Morgan fingerprint density at radius 2 is 1.90 bits per heavy atom. The zero-order valence-corrected chi connectivity index (χ0v) is 17.3. The first kappa shape index (κ1) is 20.5. The van der Waals surface area contributed by atoms with Crippen molar-refractivity contribution in [2.75, 3.05) is 0 Å². The Kier molecular flexibility index (Phi) is 6.19. The number of carbonyl (C=O) groups excluding carboxylic acids is 1. The molecule has 0 saturated carbocycles. The van der Waals surface area contributed by atoms with E-state index in [9.17, 15) is 4.79 Å². The molecule has 6 heteroatoms. The fraction of sp³-hybridized carbons (Fsp3) is 0.160. The van der Waals surface area contributed by atoms with E-state index >= 15 is 0 Å². The summed E-state index contributed by atoms with van der Waals surface area (Å²) >= 11 is 0. The van der Waals surface area contributed by atoms with E-state index in [1.807, 2.05) is 48.7 Å². The van der Waals surface area contributed by atoms with Crippen molar-refractivity contribution < 1.29 is 10.0 Å². The summed E-state index contributed by atoms with van der Waals surface area (Å²) in [5.74, 6) is 0.421. The Hall–Kier alpha value is -3.77. The number of amides is 1. The molecule has 0 aliphatic heterocycles. The molecule has 0 aliphatic rings. The Morgan fingerprint density at radius 3 is 2.65 bits per heavy atom. The molecule has 1 unspecified atom stereocenters. The average molecular weight is 412 g/mol. The number of pyridine rings is 1. The summed E-state index contributed by atoms with van der Waals surface area (Å²) in [5, 5.41) is 8.67. The first-order valence-corrected chi connectivity index (χ1v) is 10.2. The van der Waals surface area contributed by atoms with E-state index in [2.05, 4.69) is 40.7 Å². The maximum atomic E-state index is 11.3. The quantitative estimate of drug-likeness (QED) is 0.269.